The second-order valence-corrected chi connectivity index (χ2v) is 3.45. The van der Waals surface area contributed by atoms with Crippen molar-refractivity contribution in [3.8, 4) is 0 Å². The summed E-state index contributed by atoms with van der Waals surface area (Å²) < 4.78 is 35.9. The Hall–Kier alpha value is -0.490. The summed E-state index contributed by atoms with van der Waals surface area (Å²) in [7, 11) is 0. The van der Waals surface area contributed by atoms with Gasteiger partial charge in [0.25, 0.3) is 0 Å². The number of hydrogen-bond acceptors (Lipinski definition) is 2. The molecular formula is C8H14ClF3N2O. The van der Waals surface area contributed by atoms with Crippen molar-refractivity contribution in [2.45, 2.75) is 25.1 Å². The summed E-state index contributed by atoms with van der Waals surface area (Å²) in [5, 5.41) is 2.58. The zero-order valence-corrected chi connectivity index (χ0v) is 8.90. The zero-order chi connectivity index (χ0) is 10.6. The molecule has 0 spiro atoms. The highest BCUT2D eigenvalue weighted by molar-refractivity contribution is 5.85. The standard InChI is InChI=1S/C8H13F3N2O.ClH/c9-8(10,11)5-13-3-1-7(2-4-13)12-6-14;/h6-7H,1-5H2,(H,12,14);1H. The summed E-state index contributed by atoms with van der Waals surface area (Å²) in [6.45, 7) is -0.0587. The third-order valence-corrected chi connectivity index (χ3v) is 2.29. The molecule has 0 aliphatic carbocycles. The molecule has 3 nitrogen and oxygen atoms in total. The van der Waals surface area contributed by atoms with Gasteiger partial charge in [-0.25, -0.2) is 0 Å². The Kier molecular flexibility index (Phi) is 5.97. The van der Waals surface area contributed by atoms with E-state index in [9.17, 15) is 18.0 Å². The van der Waals surface area contributed by atoms with Crippen LogP contribution in [-0.4, -0.2) is 43.2 Å². The van der Waals surface area contributed by atoms with E-state index < -0.39 is 12.7 Å². The second-order valence-electron chi connectivity index (χ2n) is 3.45. The number of likely N-dealkylation sites (tertiary alicyclic amines) is 1. The first kappa shape index (κ1) is 14.5. The van der Waals surface area contributed by atoms with Crippen LogP contribution in [-0.2, 0) is 4.79 Å². The lowest BCUT2D eigenvalue weighted by Crippen LogP contribution is -2.45. The van der Waals surface area contributed by atoms with Gasteiger partial charge in [0.2, 0.25) is 6.41 Å². The summed E-state index contributed by atoms with van der Waals surface area (Å²) in [5.41, 5.74) is 0. The average Bonchev–Trinajstić information content (AvgIpc) is 2.06. The molecule has 1 heterocycles. The van der Waals surface area contributed by atoms with Gasteiger partial charge in [0.05, 0.1) is 6.54 Å². The molecule has 90 valence electrons. The van der Waals surface area contributed by atoms with Crippen molar-refractivity contribution in [1.29, 1.82) is 0 Å². The predicted octanol–water partition coefficient (Wildman–Crippen LogP) is 1.18. The topological polar surface area (TPSA) is 32.3 Å². The summed E-state index contributed by atoms with van der Waals surface area (Å²) in [5.74, 6) is 0. The van der Waals surface area contributed by atoms with E-state index in [-0.39, 0.29) is 18.4 Å². The highest BCUT2D eigenvalue weighted by Crippen LogP contribution is 2.19. The van der Waals surface area contributed by atoms with Crippen LogP contribution in [0.5, 0.6) is 0 Å². The van der Waals surface area contributed by atoms with Gasteiger partial charge in [0, 0.05) is 19.1 Å². The van der Waals surface area contributed by atoms with Gasteiger partial charge in [-0.2, -0.15) is 13.2 Å². The van der Waals surface area contributed by atoms with Crippen LogP contribution in [0.3, 0.4) is 0 Å². The number of halogens is 4. The van der Waals surface area contributed by atoms with Crippen LogP contribution >= 0.6 is 12.4 Å². The van der Waals surface area contributed by atoms with Gasteiger partial charge in [-0.3, -0.25) is 9.69 Å². The first-order valence-corrected chi connectivity index (χ1v) is 4.50. The average molecular weight is 247 g/mol. The molecule has 7 heteroatoms. The molecule has 0 radical (unpaired) electrons. The van der Waals surface area contributed by atoms with E-state index in [1.165, 1.54) is 4.90 Å². The van der Waals surface area contributed by atoms with Crippen LogP contribution in [0.1, 0.15) is 12.8 Å². The molecule has 0 unspecified atom stereocenters. The monoisotopic (exact) mass is 246 g/mol. The normalized spacial score (nSPS) is 19.4. The summed E-state index contributed by atoms with van der Waals surface area (Å²) in [6.07, 6.45) is -2.33. The van der Waals surface area contributed by atoms with Crippen LogP contribution in [0.4, 0.5) is 13.2 Å². The highest BCUT2D eigenvalue weighted by atomic mass is 35.5. The number of amides is 1. The maximum Gasteiger partial charge on any atom is 0.401 e. The quantitative estimate of drug-likeness (QED) is 0.759. The van der Waals surface area contributed by atoms with E-state index >= 15 is 0 Å². The fourth-order valence-electron chi connectivity index (χ4n) is 1.61. The van der Waals surface area contributed by atoms with E-state index in [0.29, 0.717) is 32.3 Å². The lowest BCUT2D eigenvalue weighted by atomic mass is 10.1. The largest absolute Gasteiger partial charge is 0.401 e. The number of alkyl halides is 3. The Balaban J connectivity index is 0.00000196. The minimum atomic E-state index is -4.12. The number of nitrogens with one attached hydrogen (secondary N) is 1. The number of rotatable bonds is 3. The third-order valence-electron chi connectivity index (χ3n) is 2.29. The van der Waals surface area contributed by atoms with Gasteiger partial charge in [-0.1, -0.05) is 0 Å². The Morgan fingerprint density at radius 2 is 1.87 bits per heavy atom. The summed E-state index contributed by atoms with van der Waals surface area (Å²) >= 11 is 0. The van der Waals surface area contributed by atoms with Crippen molar-refractivity contribution in [2.75, 3.05) is 19.6 Å². The van der Waals surface area contributed by atoms with E-state index in [2.05, 4.69) is 5.32 Å². The second kappa shape index (κ2) is 6.17. The van der Waals surface area contributed by atoms with Gasteiger partial charge in [0.15, 0.2) is 0 Å². The van der Waals surface area contributed by atoms with Crippen molar-refractivity contribution in [3.63, 3.8) is 0 Å². The van der Waals surface area contributed by atoms with Crippen molar-refractivity contribution in [1.82, 2.24) is 10.2 Å². The maximum absolute atomic E-state index is 12.0. The Morgan fingerprint density at radius 1 is 1.33 bits per heavy atom. The van der Waals surface area contributed by atoms with Gasteiger partial charge in [0.1, 0.15) is 0 Å². The number of piperidine rings is 1. The molecule has 1 aliphatic rings. The molecular weight excluding hydrogens is 233 g/mol. The van der Waals surface area contributed by atoms with Crippen molar-refractivity contribution in [3.05, 3.63) is 0 Å². The van der Waals surface area contributed by atoms with Crippen LogP contribution in [0, 0.1) is 0 Å². The van der Waals surface area contributed by atoms with E-state index in [1.54, 1.807) is 0 Å². The fraction of sp³-hybridized carbons (Fsp3) is 0.875. The Bertz CT molecular complexity index is 193. The van der Waals surface area contributed by atoms with Crippen LogP contribution in [0.15, 0.2) is 0 Å². The van der Waals surface area contributed by atoms with Crippen LogP contribution in [0.25, 0.3) is 0 Å². The van der Waals surface area contributed by atoms with Crippen LogP contribution < -0.4 is 5.32 Å². The smallest absolute Gasteiger partial charge is 0.356 e. The van der Waals surface area contributed by atoms with Crippen molar-refractivity contribution < 1.29 is 18.0 Å². The minimum Gasteiger partial charge on any atom is -0.356 e. The van der Waals surface area contributed by atoms with Gasteiger partial charge in [-0.15, -0.1) is 12.4 Å². The molecule has 15 heavy (non-hydrogen) atoms. The first-order valence-electron chi connectivity index (χ1n) is 4.50. The first-order chi connectivity index (χ1) is 6.51. The molecule has 0 aromatic carbocycles. The number of carbonyl (C=O) groups is 1. The molecule has 1 rings (SSSR count). The summed E-state index contributed by atoms with van der Waals surface area (Å²) in [4.78, 5) is 11.4. The fourth-order valence-corrected chi connectivity index (χ4v) is 1.61. The SMILES string of the molecule is Cl.O=CNC1CCN(CC(F)(F)F)CC1. The molecule has 1 amide bonds. The molecule has 0 atom stereocenters. The molecule has 1 fully saturated rings. The number of nitrogens with zero attached hydrogens (tertiary/aromatic N) is 1. The highest BCUT2D eigenvalue weighted by Gasteiger charge is 2.32. The van der Waals surface area contributed by atoms with E-state index in [4.69, 9.17) is 0 Å². The van der Waals surface area contributed by atoms with E-state index in [1.807, 2.05) is 0 Å². The number of carbonyl (C=O) groups excluding carboxylic acids is 1. The zero-order valence-electron chi connectivity index (χ0n) is 8.09. The van der Waals surface area contributed by atoms with Gasteiger partial charge in [-0.05, 0) is 12.8 Å². The maximum atomic E-state index is 12.0. The Morgan fingerprint density at radius 3 is 2.27 bits per heavy atom. The van der Waals surface area contributed by atoms with Gasteiger partial charge >= 0.3 is 6.18 Å². The lowest BCUT2D eigenvalue weighted by Gasteiger charge is -2.31. The number of hydrogen-bond donors (Lipinski definition) is 1. The van der Waals surface area contributed by atoms with Crippen molar-refractivity contribution >= 4 is 18.8 Å². The molecule has 0 aromatic heterocycles. The molecule has 0 saturated carbocycles. The lowest BCUT2D eigenvalue weighted by molar-refractivity contribution is -0.148. The summed E-state index contributed by atoms with van der Waals surface area (Å²) in [6, 6.07) is 0.0389. The van der Waals surface area contributed by atoms with E-state index in [0.717, 1.165) is 0 Å². The third kappa shape index (κ3) is 5.84. The van der Waals surface area contributed by atoms with Crippen LogP contribution in [0.2, 0.25) is 0 Å². The predicted molar refractivity (Wildman–Crippen MR) is 52.0 cm³/mol. The van der Waals surface area contributed by atoms with Gasteiger partial charge < -0.3 is 5.32 Å². The molecule has 1 saturated heterocycles. The minimum absolute atomic E-state index is 0. The molecule has 0 bridgehead atoms. The molecule has 1 N–H and O–H groups in total. The van der Waals surface area contributed by atoms with Crippen molar-refractivity contribution in [2.24, 2.45) is 0 Å². The Labute approximate surface area is 92.4 Å². The molecule has 0 aromatic rings. The molecule has 1 aliphatic heterocycles.